The van der Waals surface area contributed by atoms with Crippen molar-refractivity contribution in [1.82, 2.24) is 5.32 Å². The van der Waals surface area contributed by atoms with Gasteiger partial charge < -0.3 is 25.1 Å². The Morgan fingerprint density at radius 3 is 2.17 bits per heavy atom. The largest absolute Gasteiger partial charge is 0.550 e. The molecule has 0 saturated heterocycles. The van der Waals surface area contributed by atoms with Gasteiger partial charge in [-0.1, -0.05) is 24.3 Å². The SMILES string of the molecule is O=C([O-])c1ccc(CNC(=O)[C@@H]2[C@H]3CC[C@@H](C3)[C@@H]2C(=O)[O-])cc1. The number of carboxylic acids is 2. The van der Waals surface area contributed by atoms with E-state index in [0.29, 0.717) is 0 Å². The molecule has 1 amide bonds. The minimum atomic E-state index is -1.25. The van der Waals surface area contributed by atoms with E-state index in [0.717, 1.165) is 24.8 Å². The van der Waals surface area contributed by atoms with Crippen molar-refractivity contribution in [2.45, 2.75) is 25.8 Å². The van der Waals surface area contributed by atoms with Crippen LogP contribution < -0.4 is 15.5 Å². The molecule has 122 valence electrons. The third kappa shape index (κ3) is 2.93. The van der Waals surface area contributed by atoms with Gasteiger partial charge in [-0.2, -0.15) is 0 Å². The van der Waals surface area contributed by atoms with Gasteiger partial charge in [-0.25, -0.2) is 0 Å². The van der Waals surface area contributed by atoms with Gasteiger partial charge >= 0.3 is 0 Å². The third-order valence-corrected chi connectivity index (χ3v) is 5.15. The van der Waals surface area contributed by atoms with E-state index in [-0.39, 0.29) is 29.9 Å². The van der Waals surface area contributed by atoms with Crippen LogP contribution in [0.25, 0.3) is 0 Å². The van der Waals surface area contributed by atoms with E-state index >= 15 is 0 Å². The number of hydrogen-bond acceptors (Lipinski definition) is 5. The highest BCUT2D eigenvalue weighted by Gasteiger charge is 2.51. The first kappa shape index (κ1) is 15.5. The van der Waals surface area contributed by atoms with Crippen molar-refractivity contribution >= 4 is 17.8 Å². The first-order chi connectivity index (χ1) is 11.0. The summed E-state index contributed by atoms with van der Waals surface area (Å²) in [5, 5.41) is 24.8. The highest BCUT2D eigenvalue weighted by molar-refractivity contribution is 5.86. The molecule has 1 aromatic carbocycles. The first-order valence-corrected chi connectivity index (χ1v) is 7.76. The molecule has 2 aliphatic carbocycles. The molecule has 0 heterocycles. The van der Waals surface area contributed by atoms with E-state index in [4.69, 9.17) is 0 Å². The smallest absolute Gasteiger partial charge is 0.224 e. The van der Waals surface area contributed by atoms with E-state index in [1.807, 2.05) is 0 Å². The number of aromatic carboxylic acids is 1. The van der Waals surface area contributed by atoms with E-state index in [2.05, 4.69) is 5.32 Å². The molecule has 2 fully saturated rings. The molecule has 2 saturated carbocycles. The Morgan fingerprint density at radius 1 is 1.00 bits per heavy atom. The number of aliphatic carboxylic acids is 1. The molecule has 23 heavy (non-hydrogen) atoms. The van der Waals surface area contributed by atoms with Gasteiger partial charge in [0.15, 0.2) is 0 Å². The van der Waals surface area contributed by atoms with Crippen molar-refractivity contribution in [1.29, 1.82) is 0 Å². The molecule has 6 heteroatoms. The predicted molar refractivity (Wildman–Crippen MR) is 75.4 cm³/mol. The Labute approximate surface area is 133 Å². The van der Waals surface area contributed by atoms with E-state index in [9.17, 15) is 24.6 Å². The molecule has 0 spiro atoms. The zero-order chi connectivity index (χ0) is 16.6. The fraction of sp³-hybridized carbons (Fsp3) is 0.471. The van der Waals surface area contributed by atoms with Gasteiger partial charge in [-0.05, 0) is 42.2 Å². The topological polar surface area (TPSA) is 109 Å². The van der Waals surface area contributed by atoms with Crippen molar-refractivity contribution in [3.05, 3.63) is 35.4 Å². The Kier molecular flexibility index (Phi) is 4.07. The highest BCUT2D eigenvalue weighted by Crippen LogP contribution is 2.52. The molecule has 0 aromatic heterocycles. The summed E-state index contributed by atoms with van der Waals surface area (Å²) >= 11 is 0. The fourth-order valence-corrected chi connectivity index (χ4v) is 4.07. The van der Waals surface area contributed by atoms with E-state index in [1.54, 1.807) is 12.1 Å². The number of hydrogen-bond donors (Lipinski definition) is 1. The molecule has 1 N–H and O–H groups in total. The number of amides is 1. The van der Waals surface area contributed by atoms with Crippen LogP contribution in [-0.2, 0) is 16.1 Å². The van der Waals surface area contributed by atoms with Crippen LogP contribution in [0.2, 0.25) is 0 Å². The molecule has 6 nitrogen and oxygen atoms in total. The quantitative estimate of drug-likeness (QED) is 0.755. The minimum Gasteiger partial charge on any atom is -0.550 e. The Morgan fingerprint density at radius 2 is 1.61 bits per heavy atom. The lowest BCUT2D eigenvalue weighted by molar-refractivity contribution is -0.314. The third-order valence-electron chi connectivity index (χ3n) is 5.15. The van der Waals surface area contributed by atoms with Crippen LogP contribution in [0.4, 0.5) is 0 Å². The summed E-state index contributed by atoms with van der Waals surface area (Å²) in [4.78, 5) is 34.4. The Bertz CT molecular complexity index is 639. The zero-order valence-corrected chi connectivity index (χ0v) is 12.5. The number of carboxylic acid groups (broad SMARTS) is 2. The second kappa shape index (κ2) is 6.02. The van der Waals surface area contributed by atoms with E-state index < -0.39 is 23.8 Å². The first-order valence-electron chi connectivity index (χ1n) is 7.76. The van der Waals surface area contributed by atoms with E-state index in [1.165, 1.54) is 12.1 Å². The van der Waals surface area contributed by atoms with Crippen LogP contribution >= 0.6 is 0 Å². The Hall–Kier alpha value is -2.37. The van der Waals surface area contributed by atoms with Crippen LogP contribution in [0.1, 0.15) is 35.2 Å². The van der Waals surface area contributed by atoms with Crippen molar-refractivity contribution in [3.63, 3.8) is 0 Å². The van der Waals surface area contributed by atoms with Crippen molar-refractivity contribution in [2.75, 3.05) is 0 Å². The van der Waals surface area contributed by atoms with Gasteiger partial charge in [0.1, 0.15) is 0 Å². The number of nitrogens with one attached hydrogen (secondary N) is 1. The van der Waals surface area contributed by atoms with Crippen molar-refractivity contribution in [3.8, 4) is 0 Å². The molecular weight excluding hydrogens is 298 g/mol. The van der Waals surface area contributed by atoms with Gasteiger partial charge in [0, 0.05) is 24.3 Å². The van der Waals surface area contributed by atoms with Gasteiger partial charge in [-0.3, -0.25) is 4.79 Å². The number of carbonyl (C=O) groups is 3. The maximum Gasteiger partial charge on any atom is 0.224 e. The molecule has 2 bridgehead atoms. The van der Waals surface area contributed by atoms with Crippen molar-refractivity contribution < 1.29 is 24.6 Å². The molecule has 0 aliphatic heterocycles. The van der Waals surface area contributed by atoms with Gasteiger partial charge in [0.05, 0.1) is 5.97 Å². The van der Waals surface area contributed by atoms with Crippen LogP contribution in [0.5, 0.6) is 0 Å². The Balaban J connectivity index is 1.63. The maximum atomic E-state index is 12.4. The number of rotatable bonds is 5. The van der Waals surface area contributed by atoms with Crippen molar-refractivity contribution in [2.24, 2.45) is 23.7 Å². The molecule has 3 rings (SSSR count). The van der Waals surface area contributed by atoms with Gasteiger partial charge in [0.25, 0.3) is 0 Å². The normalized spacial score (nSPS) is 28.5. The zero-order valence-electron chi connectivity index (χ0n) is 12.5. The summed E-state index contributed by atoms with van der Waals surface area (Å²) in [7, 11) is 0. The van der Waals surface area contributed by atoms with Crippen LogP contribution in [0.3, 0.4) is 0 Å². The number of carbonyl (C=O) groups excluding carboxylic acids is 3. The molecule has 0 radical (unpaired) electrons. The van der Waals surface area contributed by atoms with Crippen LogP contribution in [0, 0.1) is 23.7 Å². The summed E-state index contributed by atoms with van der Waals surface area (Å²) in [6, 6.07) is 6.03. The lowest BCUT2D eigenvalue weighted by Gasteiger charge is -2.30. The summed E-state index contributed by atoms with van der Waals surface area (Å²) < 4.78 is 0. The summed E-state index contributed by atoms with van der Waals surface area (Å²) in [6.45, 7) is 0.236. The minimum absolute atomic E-state index is 0.0584. The average Bonchev–Trinajstić information content (AvgIpc) is 3.13. The maximum absolute atomic E-state index is 12.4. The molecule has 4 atom stereocenters. The fourth-order valence-electron chi connectivity index (χ4n) is 4.07. The molecule has 1 aromatic rings. The summed E-state index contributed by atoms with van der Waals surface area (Å²) in [5.41, 5.74) is 0.821. The molecular formula is C17H17NO5-2. The molecule has 2 aliphatic rings. The lowest BCUT2D eigenvalue weighted by atomic mass is 9.78. The predicted octanol–water partition coefficient (Wildman–Crippen LogP) is -0.921. The van der Waals surface area contributed by atoms with Gasteiger partial charge in [0.2, 0.25) is 5.91 Å². The summed E-state index contributed by atoms with van der Waals surface area (Å²) in [6.07, 6.45) is 2.54. The van der Waals surface area contributed by atoms with Crippen LogP contribution in [-0.4, -0.2) is 17.8 Å². The average molecular weight is 315 g/mol. The molecule has 0 unspecified atom stereocenters. The second-order valence-electron chi connectivity index (χ2n) is 6.41. The summed E-state index contributed by atoms with van der Waals surface area (Å²) in [5.74, 6) is -3.65. The number of fused-ring (bicyclic) bond motifs is 2. The van der Waals surface area contributed by atoms with Gasteiger partial charge in [-0.15, -0.1) is 0 Å². The monoisotopic (exact) mass is 315 g/mol. The van der Waals surface area contributed by atoms with Crippen LogP contribution in [0.15, 0.2) is 24.3 Å². The number of benzene rings is 1. The lowest BCUT2D eigenvalue weighted by Crippen LogP contribution is -2.45. The second-order valence-corrected chi connectivity index (χ2v) is 6.41. The highest BCUT2D eigenvalue weighted by atomic mass is 16.4. The standard InChI is InChI=1S/C17H19NO5/c19-15(13-11-5-6-12(7-11)14(13)17(22)23)18-8-9-1-3-10(4-2-9)16(20)21/h1-4,11-14H,5-8H2,(H,18,19)(H,20,21)(H,22,23)/p-2/t11-,12-,13+,14-/m0/s1.